The molecular formula is BF4Pb. The standard InChI is InChI=1S/B.4FH.Pb/h;4*1H;/q;;;;;+4/p-4. The van der Waals surface area contributed by atoms with Crippen molar-refractivity contribution >= 4 is 32.1 Å². The number of hydrogen-bond donors (Lipinski definition) is 0. The molecule has 0 aromatic rings. The Kier molecular flexibility index (Phi) is 4.62. The van der Waals surface area contributed by atoms with E-state index in [0.717, 1.165) is 0 Å². The first-order chi connectivity index (χ1) is 2.00. The predicted octanol–water partition coefficient (Wildman–Crippen LogP) is 0.919. The molecule has 0 heterocycles. The SMILES string of the molecule is [B].[F][Pb]([F])([F])[F]. The number of rotatable bonds is 0. The van der Waals surface area contributed by atoms with Crippen LogP contribution in [0.4, 0.5) is 10.0 Å². The second-order valence-electron chi connectivity index (χ2n) is 0.429. The Balaban J connectivity index is 0. The molecule has 0 saturated carbocycles. The second kappa shape index (κ2) is 2.81. The summed E-state index contributed by atoms with van der Waals surface area (Å²) in [4.78, 5) is 0. The molecular weight excluding hydrogens is 294 g/mol. The summed E-state index contributed by atoms with van der Waals surface area (Å²) in [6.07, 6.45) is 0. The summed E-state index contributed by atoms with van der Waals surface area (Å²) >= 11 is -7.28. The molecule has 0 unspecified atom stereocenters. The van der Waals surface area contributed by atoms with Crippen LogP contribution < -0.4 is 0 Å². The van der Waals surface area contributed by atoms with Gasteiger partial charge in [-0.25, -0.2) is 0 Å². The molecule has 0 aromatic heterocycles. The zero-order chi connectivity index (χ0) is 4.50. The molecule has 6 heavy (non-hydrogen) atoms. The van der Waals surface area contributed by atoms with Crippen LogP contribution in [0.3, 0.4) is 0 Å². The van der Waals surface area contributed by atoms with E-state index in [0.29, 0.717) is 0 Å². The minimum absolute atomic E-state index is 0. The van der Waals surface area contributed by atoms with Crippen molar-refractivity contribution in [3.63, 3.8) is 0 Å². The van der Waals surface area contributed by atoms with E-state index in [1.54, 1.807) is 0 Å². The molecule has 0 atom stereocenters. The van der Waals surface area contributed by atoms with Gasteiger partial charge in [0.1, 0.15) is 0 Å². The molecule has 0 N–H and O–H groups in total. The summed E-state index contributed by atoms with van der Waals surface area (Å²) in [6.45, 7) is 0. The van der Waals surface area contributed by atoms with Crippen LogP contribution in [0.15, 0.2) is 0 Å². The van der Waals surface area contributed by atoms with E-state index in [1.165, 1.54) is 0 Å². The van der Waals surface area contributed by atoms with Crippen LogP contribution in [-0.4, -0.2) is 32.1 Å². The Hall–Kier alpha value is 0.707. The molecule has 0 fully saturated rings. The summed E-state index contributed by atoms with van der Waals surface area (Å²) in [5.74, 6) is 0. The fourth-order valence-corrected chi connectivity index (χ4v) is 0. The zero-order valence-electron chi connectivity index (χ0n) is 2.59. The van der Waals surface area contributed by atoms with Crippen molar-refractivity contribution in [1.82, 2.24) is 0 Å². The van der Waals surface area contributed by atoms with Gasteiger partial charge < -0.3 is 0 Å². The average molecular weight is 294 g/mol. The third-order valence-electron chi connectivity index (χ3n) is 0. The van der Waals surface area contributed by atoms with Crippen molar-refractivity contribution in [3.05, 3.63) is 0 Å². The van der Waals surface area contributed by atoms with Crippen LogP contribution in [0.1, 0.15) is 0 Å². The van der Waals surface area contributed by atoms with E-state index in [1.807, 2.05) is 0 Å². The van der Waals surface area contributed by atoms with Gasteiger partial charge in [-0.1, -0.05) is 0 Å². The number of hydrogen-bond acceptors (Lipinski definition) is 0. The third-order valence-corrected chi connectivity index (χ3v) is 0. The van der Waals surface area contributed by atoms with Gasteiger partial charge >= 0.3 is 33.7 Å². The van der Waals surface area contributed by atoms with Gasteiger partial charge in [-0.3, -0.25) is 0 Å². The summed E-state index contributed by atoms with van der Waals surface area (Å²) in [5.41, 5.74) is 0. The van der Waals surface area contributed by atoms with E-state index in [4.69, 9.17) is 0 Å². The molecule has 0 nitrogen and oxygen atoms in total. The summed E-state index contributed by atoms with van der Waals surface area (Å²) < 4.78 is 39.6. The van der Waals surface area contributed by atoms with Gasteiger partial charge in [-0.2, -0.15) is 0 Å². The normalized spacial score (nSPS) is 10.0. The molecule has 0 spiro atoms. The zero-order valence-corrected chi connectivity index (χ0v) is 6.48. The summed E-state index contributed by atoms with van der Waals surface area (Å²) in [7, 11) is 0. The molecule has 0 aliphatic rings. The Labute approximate surface area is 42.5 Å². The molecule has 0 aliphatic carbocycles. The van der Waals surface area contributed by atoms with Gasteiger partial charge in [0.25, 0.3) is 0 Å². The Bertz CT molecular complexity index is 23.0. The van der Waals surface area contributed by atoms with Crippen molar-refractivity contribution in [2.75, 3.05) is 0 Å². The quantitative estimate of drug-likeness (QED) is 0.460. The van der Waals surface area contributed by atoms with Gasteiger partial charge in [0.2, 0.25) is 0 Å². The number of halogens is 4. The molecule has 0 bridgehead atoms. The van der Waals surface area contributed by atoms with Crippen molar-refractivity contribution in [1.29, 1.82) is 0 Å². The van der Waals surface area contributed by atoms with Crippen LogP contribution in [0.25, 0.3) is 0 Å². The Morgan fingerprint density at radius 3 is 0.833 bits per heavy atom. The predicted molar refractivity (Wildman–Crippen MR) is 15.9 cm³/mol. The van der Waals surface area contributed by atoms with Crippen LogP contribution in [0.2, 0.25) is 0 Å². The first-order valence-electron chi connectivity index (χ1n) is 0.756. The van der Waals surface area contributed by atoms with E-state index in [2.05, 4.69) is 0 Å². The van der Waals surface area contributed by atoms with Crippen LogP contribution in [0.5, 0.6) is 0 Å². The summed E-state index contributed by atoms with van der Waals surface area (Å²) in [5, 5.41) is 0. The maximum atomic E-state index is 9.91. The molecule has 6 heteroatoms. The first kappa shape index (κ1) is 9.86. The van der Waals surface area contributed by atoms with Crippen LogP contribution in [0, 0.1) is 0 Å². The fourth-order valence-electron chi connectivity index (χ4n) is 0. The van der Waals surface area contributed by atoms with E-state index < -0.39 is 23.7 Å². The molecule has 0 amide bonds. The van der Waals surface area contributed by atoms with E-state index in [-0.39, 0.29) is 8.41 Å². The monoisotopic (exact) mass is 295 g/mol. The van der Waals surface area contributed by atoms with Crippen molar-refractivity contribution in [2.24, 2.45) is 0 Å². The van der Waals surface area contributed by atoms with Gasteiger partial charge in [-0.05, 0) is 0 Å². The van der Waals surface area contributed by atoms with Crippen molar-refractivity contribution in [3.8, 4) is 0 Å². The molecule has 0 rings (SSSR count). The van der Waals surface area contributed by atoms with Gasteiger partial charge in [0.05, 0.1) is 0 Å². The first-order valence-corrected chi connectivity index (χ1v) is 6.63. The average Bonchev–Trinajstić information content (AvgIpc) is 0.722. The van der Waals surface area contributed by atoms with E-state index in [9.17, 15) is 10.0 Å². The second-order valence-corrected chi connectivity index (χ2v) is 3.76. The Morgan fingerprint density at radius 1 is 0.833 bits per heavy atom. The molecule has 0 saturated heterocycles. The topological polar surface area (TPSA) is 0 Å². The molecule has 0 aromatic carbocycles. The summed E-state index contributed by atoms with van der Waals surface area (Å²) in [6, 6.07) is 0. The molecule has 3 radical (unpaired) electrons. The van der Waals surface area contributed by atoms with Crippen molar-refractivity contribution < 1.29 is 10.0 Å². The third kappa shape index (κ3) is 129. The molecule has 0 aliphatic heterocycles. The van der Waals surface area contributed by atoms with Crippen molar-refractivity contribution in [2.45, 2.75) is 0 Å². The van der Waals surface area contributed by atoms with E-state index >= 15 is 0 Å². The molecule has 35 valence electrons. The van der Waals surface area contributed by atoms with Gasteiger partial charge in [0.15, 0.2) is 0 Å². The fraction of sp³-hybridized carbons (Fsp3) is 0. The minimum atomic E-state index is -7.28. The maximum absolute atomic E-state index is 9.91. The van der Waals surface area contributed by atoms with Gasteiger partial charge in [-0.15, -0.1) is 0 Å². The Morgan fingerprint density at radius 2 is 0.833 bits per heavy atom. The van der Waals surface area contributed by atoms with Crippen LogP contribution >= 0.6 is 0 Å². The van der Waals surface area contributed by atoms with Gasteiger partial charge in [0, 0.05) is 8.41 Å². The van der Waals surface area contributed by atoms with Crippen LogP contribution in [-0.2, 0) is 0 Å².